The van der Waals surface area contributed by atoms with E-state index in [-0.39, 0.29) is 0 Å². The molecule has 0 amide bonds. The van der Waals surface area contributed by atoms with E-state index in [2.05, 4.69) is 9.94 Å². The Morgan fingerprint density at radius 1 is 1.42 bits per heavy atom. The molecule has 0 atom stereocenters. The second-order valence-corrected chi connectivity index (χ2v) is 2.28. The molecule has 0 bridgehead atoms. The minimum absolute atomic E-state index is 0.347. The van der Waals surface area contributed by atoms with Crippen LogP contribution in [0.5, 0.6) is 0 Å². The predicted octanol–water partition coefficient (Wildman–Crippen LogP) is 0.621. The van der Waals surface area contributed by atoms with Crippen molar-refractivity contribution in [3.05, 3.63) is 30.5 Å². The molecule has 0 N–H and O–H groups in total. The number of carbonyl (C=O) groups is 1. The summed E-state index contributed by atoms with van der Waals surface area (Å²) in [7, 11) is 0. The average Bonchev–Trinajstić information content (AvgIpc) is 2.50. The molecule has 0 aliphatic carbocycles. The van der Waals surface area contributed by atoms with Gasteiger partial charge in [0.2, 0.25) is 0 Å². The van der Waals surface area contributed by atoms with Crippen LogP contribution in [-0.2, 0) is 4.79 Å². The third-order valence-electron chi connectivity index (χ3n) is 1.59. The number of aromatic nitrogens is 2. The van der Waals surface area contributed by atoms with E-state index in [1.54, 1.807) is 6.20 Å². The lowest BCUT2D eigenvalue weighted by molar-refractivity contribution is -0.130. The number of fused-ring (bicyclic) bond motifs is 1. The first-order valence-corrected chi connectivity index (χ1v) is 3.45. The fraction of sp³-hybridized carbons (Fsp3) is 0. The lowest BCUT2D eigenvalue weighted by Gasteiger charge is -1.95. The Balaban J connectivity index is 2.62. The molecule has 0 saturated heterocycles. The molecule has 4 heteroatoms. The van der Waals surface area contributed by atoms with Crippen LogP contribution in [0.2, 0.25) is 0 Å². The molecule has 0 aliphatic rings. The van der Waals surface area contributed by atoms with Gasteiger partial charge in [0.15, 0.2) is 0 Å². The van der Waals surface area contributed by atoms with Crippen LogP contribution in [0.3, 0.4) is 0 Å². The van der Waals surface area contributed by atoms with Crippen LogP contribution in [0.1, 0.15) is 0 Å². The third-order valence-corrected chi connectivity index (χ3v) is 1.59. The Labute approximate surface area is 68.3 Å². The second kappa shape index (κ2) is 2.65. The highest BCUT2D eigenvalue weighted by atomic mass is 16.7. The van der Waals surface area contributed by atoms with Gasteiger partial charge < -0.3 is 4.84 Å². The fourth-order valence-electron chi connectivity index (χ4n) is 1.07. The minimum Gasteiger partial charge on any atom is -0.322 e. The van der Waals surface area contributed by atoms with Gasteiger partial charge in [-0.2, -0.15) is 0 Å². The number of benzene rings is 1. The van der Waals surface area contributed by atoms with Gasteiger partial charge in [0.05, 0.1) is 6.20 Å². The first-order valence-electron chi connectivity index (χ1n) is 3.45. The van der Waals surface area contributed by atoms with Crippen molar-refractivity contribution in [1.82, 2.24) is 9.94 Å². The molecular formula is C8H6N2O2. The van der Waals surface area contributed by atoms with Gasteiger partial charge in [0.1, 0.15) is 5.52 Å². The highest BCUT2D eigenvalue weighted by Crippen LogP contribution is 2.10. The Bertz CT molecular complexity index is 408. The summed E-state index contributed by atoms with van der Waals surface area (Å²) in [5, 5.41) is 4.79. The maximum Gasteiger partial charge on any atom is 0.323 e. The van der Waals surface area contributed by atoms with Crippen molar-refractivity contribution < 1.29 is 9.63 Å². The zero-order valence-corrected chi connectivity index (χ0v) is 6.18. The summed E-state index contributed by atoms with van der Waals surface area (Å²) in [5.74, 6) is 0. The number of nitrogens with zero attached hydrogens (tertiary/aromatic N) is 2. The van der Waals surface area contributed by atoms with Crippen LogP contribution in [0.25, 0.3) is 10.9 Å². The number of hydrogen-bond donors (Lipinski definition) is 0. The van der Waals surface area contributed by atoms with Gasteiger partial charge in [-0.15, -0.1) is 5.10 Å². The van der Waals surface area contributed by atoms with E-state index in [9.17, 15) is 4.79 Å². The van der Waals surface area contributed by atoms with Gasteiger partial charge in [-0.25, -0.2) is 0 Å². The summed E-state index contributed by atoms with van der Waals surface area (Å²) in [6, 6.07) is 7.47. The van der Waals surface area contributed by atoms with E-state index in [1.807, 2.05) is 24.3 Å². The van der Waals surface area contributed by atoms with Crippen molar-refractivity contribution in [2.75, 3.05) is 0 Å². The Morgan fingerprint density at radius 2 is 2.25 bits per heavy atom. The summed E-state index contributed by atoms with van der Waals surface area (Å²) in [5.41, 5.74) is 0.782. The smallest absolute Gasteiger partial charge is 0.322 e. The largest absolute Gasteiger partial charge is 0.323 e. The Kier molecular flexibility index (Phi) is 1.51. The minimum atomic E-state index is 0.347. The van der Waals surface area contributed by atoms with Crippen LogP contribution in [0.4, 0.5) is 0 Å². The van der Waals surface area contributed by atoms with Crippen molar-refractivity contribution in [2.45, 2.75) is 0 Å². The highest BCUT2D eigenvalue weighted by Gasteiger charge is 1.99. The molecule has 0 saturated carbocycles. The van der Waals surface area contributed by atoms with E-state index in [0.29, 0.717) is 6.47 Å². The summed E-state index contributed by atoms with van der Waals surface area (Å²) in [4.78, 5) is 15.8. The van der Waals surface area contributed by atoms with Crippen molar-refractivity contribution in [3.8, 4) is 0 Å². The van der Waals surface area contributed by atoms with Gasteiger partial charge in [0.25, 0.3) is 0 Å². The molecule has 1 aromatic heterocycles. The number of carbonyl (C=O) groups excluding carboxylic acids is 1. The van der Waals surface area contributed by atoms with Gasteiger partial charge in [0, 0.05) is 5.39 Å². The van der Waals surface area contributed by atoms with Crippen LogP contribution in [-0.4, -0.2) is 16.4 Å². The lowest BCUT2D eigenvalue weighted by atomic mass is 10.3. The van der Waals surface area contributed by atoms with Crippen LogP contribution >= 0.6 is 0 Å². The number of hydrogen-bond acceptors (Lipinski definition) is 3. The molecule has 2 aromatic rings. The molecule has 2 rings (SSSR count). The van der Waals surface area contributed by atoms with E-state index < -0.39 is 0 Å². The van der Waals surface area contributed by atoms with Gasteiger partial charge in [-0.05, 0) is 6.07 Å². The molecule has 1 aromatic carbocycles. The molecule has 60 valence electrons. The maximum atomic E-state index is 10.0. The molecular weight excluding hydrogens is 156 g/mol. The Morgan fingerprint density at radius 3 is 3.08 bits per heavy atom. The van der Waals surface area contributed by atoms with Crippen molar-refractivity contribution in [2.24, 2.45) is 0 Å². The average molecular weight is 162 g/mol. The maximum absolute atomic E-state index is 10.0. The summed E-state index contributed by atoms with van der Waals surface area (Å²) < 4.78 is 0. The van der Waals surface area contributed by atoms with Crippen LogP contribution in [0, 0.1) is 0 Å². The highest BCUT2D eigenvalue weighted by molar-refractivity contribution is 5.78. The van der Waals surface area contributed by atoms with Gasteiger partial charge >= 0.3 is 6.47 Å². The summed E-state index contributed by atoms with van der Waals surface area (Å²) in [6.45, 7) is 0.347. The van der Waals surface area contributed by atoms with Crippen molar-refractivity contribution in [1.29, 1.82) is 0 Å². The van der Waals surface area contributed by atoms with E-state index >= 15 is 0 Å². The predicted molar refractivity (Wildman–Crippen MR) is 42.4 cm³/mol. The zero-order chi connectivity index (χ0) is 8.39. The topological polar surface area (TPSA) is 44.1 Å². The van der Waals surface area contributed by atoms with Gasteiger partial charge in [-0.1, -0.05) is 23.0 Å². The second-order valence-electron chi connectivity index (χ2n) is 2.28. The molecule has 1 heterocycles. The SMILES string of the molecule is O=COn1ncc2ccccc21. The quantitative estimate of drug-likeness (QED) is 0.608. The zero-order valence-electron chi connectivity index (χ0n) is 6.18. The molecule has 0 fully saturated rings. The van der Waals surface area contributed by atoms with Crippen molar-refractivity contribution in [3.63, 3.8) is 0 Å². The summed E-state index contributed by atoms with van der Waals surface area (Å²) in [6.07, 6.45) is 1.64. The van der Waals surface area contributed by atoms with Crippen LogP contribution < -0.4 is 4.84 Å². The first-order chi connectivity index (χ1) is 5.92. The molecule has 4 nitrogen and oxygen atoms in total. The van der Waals surface area contributed by atoms with E-state index in [0.717, 1.165) is 10.9 Å². The lowest BCUT2D eigenvalue weighted by Crippen LogP contribution is -2.09. The first kappa shape index (κ1) is 6.84. The normalized spacial score (nSPS) is 10.0. The molecule has 0 spiro atoms. The van der Waals surface area contributed by atoms with E-state index in [4.69, 9.17) is 0 Å². The molecule has 0 unspecified atom stereocenters. The van der Waals surface area contributed by atoms with Gasteiger partial charge in [-0.3, -0.25) is 4.79 Å². The standard InChI is InChI=1S/C8H6N2O2/c11-6-12-10-8-4-2-1-3-7(8)5-9-10/h1-6H. The summed E-state index contributed by atoms with van der Waals surface area (Å²) >= 11 is 0. The molecule has 0 radical (unpaired) electrons. The Hall–Kier alpha value is -1.84. The monoisotopic (exact) mass is 162 g/mol. The molecule has 0 aliphatic heterocycles. The van der Waals surface area contributed by atoms with Crippen molar-refractivity contribution >= 4 is 17.4 Å². The third kappa shape index (κ3) is 0.934. The van der Waals surface area contributed by atoms with Crippen LogP contribution in [0.15, 0.2) is 30.5 Å². The molecule has 12 heavy (non-hydrogen) atoms. The fourth-order valence-corrected chi connectivity index (χ4v) is 1.07. The van der Waals surface area contributed by atoms with E-state index in [1.165, 1.54) is 4.85 Å². The number of rotatable bonds is 2. The number of para-hydroxylation sites is 1.